The lowest BCUT2D eigenvalue weighted by Crippen LogP contribution is -2.54. The number of nitrogens with zero attached hydrogens (tertiary/aromatic N) is 2. The summed E-state index contributed by atoms with van der Waals surface area (Å²) >= 11 is 0. The second kappa shape index (κ2) is 6.74. The monoisotopic (exact) mass is 277 g/mol. The van der Waals surface area contributed by atoms with Gasteiger partial charge in [-0.05, 0) is 32.0 Å². The minimum atomic E-state index is 0.782. The Morgan fingerprint density at radius 1 is 1.30 bits per heavy atom. The van der Waals surface area contributed by atoms with Crippen LogP contribution in [0.1, 0.15) is 37.5 Å². The molecule has 0 aromatic carbocycles. The lowest BCUT2D eigenvalue weighted by atomic mass is 9.99. The van der Waals surface area contributed by atoms with E-state index in [-0.39, 0.29) is 0 Å². The molecule has 3 rings (SSSR count). The predicted octanol–water partition coefficient (Wildman–Crippen LogP) is 2.06. The van der Waals surface area contributed by atoms with Gasteiger partial charge in [0.15, 0.2) is 0 Å². The molecule has 2 aliphatic heterocycles. The maximum atomic E-state index is 5.71. The highest BCUT2D eigenvalue weighted by molar-refractivity contribution is 5.17. The summed E-state index contributed by atoms with van der Waals surface area (Å²) in [6.07, 6.45) is 6.00. The van der Waals surface area contributed by atoms with Gasteiger partial charge < -0.3 is 9.73 Å². The first-order chi connectivity index (χ1) is 9.86. The third kappa shape index (κ3) is 3.25. The second-order valence-corrected chi connectivity index (χ2v) is 6.07. The predicted molar refractivity (Wildman–Crippen MR) is 80.6 cm³/mol. The normalized spacial score (nSPS) is 24.8. The van der Waals surface area contributed by atoms with E-state index in [2.05, 4.69) is 28.1 Å². The molecule has 4 nitrogen and oxygen atoms in total. The van der Waals surface area contributed by atoms with Crippen LogP contribution in [-0.2, 0) is 13.1 Å². The van der Waals surface area contributed by atoms with Gasteiger partial charge in [0.1, 0.15) is 5.76 Å². The van der Waals surface area contributed by atoms with Gasteiger partial charge in [-0.3, -0.25) is 9.80 Å². The molecule has 0 radical (unpaired) electrons. The molecule has 1 aromatic heterocycles. The molecular formula is C16H27N3O. The molecule has 3 heterocycles. The van der Waals surface area contributed by atoms with Gasteiger partial charge in [-0.2, -0.15) is 0 Å². The highest BCUT2D eigenvalue weighted by Gasteiger charge is 2.29. The molecule has 2 saturated heterocycles. The second-order valence-electron chi connectivity index (χ2n) is 6.07. The Morgan fingerprint density at radius 2 is 2.25 bits per heavy atom. The van der Waals surface area contributed by atoms with E-state index in [0.717, 1.165) is 31.4 Å². The van der Waals surface area contributed by atoms with Crippen LogP contribution in [0, 0.1) is 0 Å². The fourth-order valence-electron chi connectivity index (χ4n) is 3.49. The highest BCUT2D eigenvalue weighted by atomic mass is 16.3. The summed E-state index contributed by atoms with van der Waals surface area (Å²) in [5.74, 6) is 1.15. The molecule has 0 aliphatic carbocycles. The molecule has 0 bridgehead atoms. The average molecular weight is 277 g/mol. The molecule has 1 unspecified atom stereocenters. The highest BCUT2D eigenvalue weighted by Crippen LogP contribution is 2.23. The maximum Gasteiger partial charge on any atom is 0.122 e. The van der Waals surface area contributed by atoms with Crippen LogP contribution < -0.4 is 5.32 Å². The third-order valence-corrected chi connectivity index (χ3v) is 4.69. The minimum absolute atomic E-state index is 0.782. The van der Waals surface area contributed by atoms with E-state index < -0.39 is 0 Å². The number of piperazine rings is 1. The molecule has 112 valence electrons. The molecule has 2 aliphatic rings. The molecule has 4 heteroatoms. The van der Waals surface area contributed by atoms with Crippen LogP contribution in [-0.4, -0.2) is 48.6 Å². The van der Waals surface area contributed by atoms with Crippen molar-refractivity contribution in [3.8, 4) is 0 Å². The van der Waals surface area contributed by atoms with Crippen LogP contribution in [0.15, 0.2) is 16.7 Å². The van der Waals surface area contributed by atoms with E-state index in [1.807, 2.05) is 6.26 Å². The van der Waals surface area contributed by atoms with Crippen LogP contribution in [0.5, 0.6) is 0 Å². The summed E-state index contributed by atoms with van der Waals surface area (Å²) < 4.78 is 5.71. The summed E-state index contributed by atoms with van der Waals surface area (Å²) in [6, 6.07) is 2.89. The Kier molecular flexibility index (Phi) is 4.76. The summed E-state index contributed by atoms with van der Waals surface area (Å²) in [5.41, 5.74) is 1.32. The fraction of sp³-hybridized carbons (Fsp3) is 0.750. The largest absolute Gasteiger partial charge is 0.468 e. The lowest BCUT2D eigenvalue weighted by molar-refractivity contribution is 0.0424. The fourth-order valence-corrected chi connectivity index (χ4v) is 3.49. The van der Waals surface area contributed by atoms with Crippen molar-refractivity contribution in [1.82, 2.24) is 15.1 Å². The molecule has 0 spiro atoms. The Labute approximate surface area is 122 Å². The van der Waals surface area contributed by atoms with Gasteiger partial charge >= 0.3 is 0 Å². The van der Waals surface area contributed by atoms with Crippen molar-refractivity contribution in [2.75, 3.05) is 32.7 Å². The van der Waals surface area contributed by atoms with Crippen LogP contribution in [0.2, 0.25) is 0 Å². The zero-order valence-electron chi connectivity index (χ0n) is 12.6. The standard InChI is InChI=1S/C16H27N3O/c1-2-17-11-14-6-10-20-16(14)13-18-8-9-19-7-4-3-5-15(19)12-18/h6,10,15,17H,2-5,7-9,11-13H2,1H3. The molecule has 20 heavy (non-hydrogen) atoms. The zero-order chi connectivity index (χ0) is 13.8. The Balaban J connectivity index is 1.56. The van der Waals surface area contributed by atoms with Crippen molar-refractivity contribution < 1.29 is 4.42 Å². The van der Waals surface area contributed by atoms with E-state index in [4.69, 9.17) is 4.42 Å². The van der Waals surface area contributed by atoms with Crippen LogP contribution in [0.4, 0.5) is 0 Å². The van der Waals surface area contributed by atoms with Gasteiger partial charge in [-0.1, -0.05) is 13.3 Å². The number of hydrogen-bond donors (Lipinski definition) is 1. The molecule has 0 saturated carbocycles. The topological polar surface area (TPSA) is 31.7 Å². The number of fused-ring (bicyclic) bond motifs is 1. The van der Waals surface area contributed by atoms with Crippen LogP contribution in [0.3, 0.4) is 0 Å². The molecule has 2 fully saturated rings. The summed E-state index contributed by atoms with van der Waals surface area (Å²) in [5, 5.41) is 3.39. The summed E-state index contributed by atoms with van der Waals surface area (Å²) in [4.78, 5) is 5.25. The summed E-state index contributed by atoms with van der Waals surface area (Å²) in [7, 11) is 0. The van der Waals surface area contributed by atoms with Crippen LogP contribution in [0.25, 0.3) is 0 Å². The van der Waals surface area contributed by atoms with E-state index >= 15 is 0 Å². The Hall–Kier alpha value is -0.840. The zero-order valence-corrected chi connectivity index (χ0v) is 12.6. The van der Waals surface area contributed by atoms with Crippen molar-refractivity contribution in [2.45, 2.75) is 45.3 Å². The number of furan rings is 1. The molecule has 1 aromatic rings. The van der Waals surface area contributed by atoms with Crippen LogP contribution >= 0.6 is 0 Å². The smallest absolute Gasteiger partial charge is 0.122 e. The van der Waals surface area contributed by atoms with Gasteiger partial charge in [-0.15, -0.1) is 0 Å². The quantitative estimate of drug-likeness (QED) is 0.893. The molecule has 0 amide bonds. The first-order valence-electron chi connectivity index (χ1n) is 8.09. The number of nitrogens with one attached hydrogen (secondary N) is 1. The van der Waals surface area contributed by atoms with Crippen molar-refractivity contribution in [3.63, 3.8) is 0 Å². The first-order valence-corrected chi connectivity index (χ1v) is 8.09. The third-order valence-electron chi connectivity index (χ3n) is 4.69. The Morgan fingerprint density at radius 3 is 3.15 bits per heavy atom. The lowest BCUT2D eigenvalue weighted by Gasteiger charge is -2.43. The molecule has 1 N–H and O–H groups in total. The van der Waals surface area contributed by atoms with Crippen molar-refractivity contribution in [2.24, 2.45) is 0 Å². The van der Waals surface area contributed by atoms with Crippen molar-refractivity contribution in [3.05, 3.63) is 23.7 Å². The number of hydrogen-bond acceptors (Lipinski definition) is 4. The molecular weight excluding hydrogens is 250 g/mol. The van der Waals surface area contributed by atoms with Gasteiger partial charge in [0.05, 0.1) is 12.8 Å². The van der Waals surface area contributed by atoms with E-state index in [1.54, 1.807) is 0 Å². The van der Waals surface area contributed by atoms with Gasteiger partial charge in [0.25, 0.3) is 0 Å². The number of rotatable bonds is 5. The molecule has 1 atom stereocenters. The minimum Gasteiger partial charge on any atom is -0.468 e. The van der Waals surface area contributed by atoms with E-state index in [9.17, 15) is 0 Å². The first kappa shape index (κ1) is 14.1. The SMILES string of the molecule is CCNCc1ccoc1CN1CCN2CCCCC2C1. The van der Waals surface area contributed by atoms with Gasteiger partial charge in [-0.25, -0.2) is 0 Å². The average Bonchev–Trinajstić information content (AvgIpc) is 2.92. The van der Waals surface area contributed by atoms with Crippen molar-refractivity contribution in [1.29, 1.82) is 0 Å². The summed E-state index contributed by atoms with van der Waals surface area (Å²) in [6.45, 7) is 9.97. The Bertz CT molecular complexity index is 418. The van der Waals surface area contributed by atoms with E-state index in [1.165, 1.54) is 51.0 Å². The van der Waals surface area contributed by atoms with Gasteiger partial charge in [0, 0.05) is 37.8 Å². The van der Waals surface area contributed by atoms with Crippen molar-refractivity contribution >= 4 is 0 Å². The number of piperidine rings is 1. The van der Waals surface area contributed by atoms with Gasteiger partial charge in [0.2, 0.25) is 0 Å². The maximum absolute atomic E-state index is 5.71. The van der Waals surface area contributed by atoms with E-state index in [0.29, 0.717) is 0 Å².